The average molecular weight is 348 g/mol. The Balaban J connectivity index is 1.94. The van der Waals surface area contributed by atoms with Gasteiger partial charge in [0.25, 0.3) is 0 Å². The van der Waals surface area contributed by atoms with E-state index in [4.69, 9.17) is 9.47 Å². The lowest BCUT2D eigenvalue weighted by Gasteiger charge is -2.25. The molecule has 1 aliphatic rings. The highest BCUT2D eigenvalue weighted by Crippen LogP contribution is 2.37. The zero-order valence-electron chi connectivity index (χ0n) is 11.3. The molecule has 19 heavy (non-hydrogen) atoms. The van der Waals surface area contributed by atoms with Gasteiger partial charge in [-0.3, -0.25) is 0 Å². The van der Waals surface area contributed by atoms with Crippen molar-refractivity contribution in [3.63, 3.8) is 0 Å². The van der Waals surface area contributed by atoms with E-state index in [-0.39, 0.29) is 6.10 Å². The van der Waals surface area contributed by atoms with Crippen LogP contribution in [0, 0.1) is 0 Å². The Kier molecular flexibility index (Phi) is 4.53. The summed E-state index contributed by atoms with van der Waals surface area (Å²) in [5, 5.41) is 4.83. The number of nitrogens with one attached hydrogen (secondary N) is 1. The molecule has 0 spiro atoms. The zero-order valence-corrected chi connectivity index (χ0v) is 13.7. The van der Waals surface area contributed by atoms with Gasteiger partial charge in [-0.1, -0.05) is 0 Å². The molecule has 1 aromatic heterocycles. The molecule has 106 valence electrons. The summed E-state index contributed by atoms with van der Waals surface area (Å²) >= 11 is 5.26. The summed E-state index contributed by atoms with van der Waals surface area (Å²) in [6, 6.07) is 0. The predicted octanol–water partition coefficient (Wildman–Crippen LogP) is 3.65. The summed E-state index contributed by atoms with van der Waals surface area (Å²) in [7, 11) is 0. The second-order valence-corrected chi connectivity index (χ2v) is 7.23. The molecule has 1 N–H and O–H groups in total. The zero-order chi connectivity index (χ0) is 14.0. The van der Waals surface area contributed by atoms with Gasteiger partial charge in [0.05, 0.1) is 13.2 Å². The fourth-order valence-electron chi connectivity index (χ4n) is 1.94. The Hall–Kier alpha value is -0.590. The summed E-state index contributed by atoms with van der Waals surface area (Å²) in [6.45, 7) is 6.66. The third-order valence-corrected chi connectivity index (χ3v) is 4.68. The Labute approximate surface area is 125 Å². The lowest BCUT2D eigenvalue weighted by atomic mass is 10.1. The van der Waals surface area contributed by atoms with Crippen LogP contribution in [0.5, 0.6) is 0 Å². The maximum atomic E-state index is 11.6. The number of fused-ring (bicyclic) bond motifs is 1. The second kappa shape index (κ2) is 5.81. The molecule has 0 fully saturated rings. The van der Waals surface area contributed by atoms with Gasteiger partial charge in [0.2, 0.25) is 0 Å². The minimum absolute atomic E-state index is 0.100. The predicted molar refractivity (Wildman–Crippen MR) is 78.7 cm³/mol. The van der Waals surface area contributed by atoms with Crippen LogP contribution in [0.1, 0.15) is 37.3 Å². The molecule has 0 aliphatic carbocycles. The van der Waals surface area contributed by atoms with Crippen molar-refractivity contribution < 1.29 is 14.3 Å². The number of carbonyl (C=O) groups excluding carboxylic acids is 1. The van der Waals surface area contributed by atoms with Crippen molar-refractivity contribution in [1.29, 1.82) is 0 Å². The molecular formula is C13H18BrNO3S. The second-order valence-electron chi connectivity index (χ2n) is 5.41. The Morgan fingerprint density at radius 3 is 3.05 bits per heavy atom. The summed E-state index contributed by atoms with van der Waals surface area (Å²) in [4.78, 5) is 13.0. The van der Waals surface area contributed by atoms with Crippen molar-refractivity contribution in [2.75, 3.05) is 13.2 Å². The van der Waals surface area contributed by atoms with Gasteiger partial charge in [-0.15, -0.1) is 11.3 Å². The largest absolute Gasteiger partial charge is 0.444 e. The van der Waals surface area contributed by atoms with E-state index in [0.717, 1.165) is 16.5 Å². The summed E-state index contributed by atoms with van der Waals surface area (Å²) < 4.78 is 12.0. The van der Waals surface area contributed by atoms with Crippen LogP contribution in [-0.4, -0.2) is 24.8 Å². The molecule has 1 aromatic rings. The SMILES string of the molecule is CC(C)(C)OC(=O)NCC1OCCc2scc(Br)c21. The molecular weight excluding hydrogens is 330 g/mol. The molecule has 4 nitrogen and oxygen atoms in total. The first-order chi connectivity index (χ1) is 8.87. The van der Waals surface area contributed by atoms with Gasteiger partial charge in [0, 0.05) is 26.7 Å². The fourth-order valence-corrected chi connectivity index (χ4v) is 3.79. The molecule has 2 heterocycles. The number of carbonyl (C=O) groups is 1. The number of thiophene rings is 1. The molecule has 0 saturated carbocycles. The van der Waals surface area contributed by atoms with Gasteiger partial charge in [0.15, 0.2) is 0 Å². The first-order valence-electron chi connectivity index (χ1n) is 6.21. The van der Waals surface area contributed by atoms with E-state index in [1.54, 1.807) is 11.3 Å². The number of halogens is 1. The number of rotatable bonds is 2. The standard InChI is InChI=1S/C13H18BrNO3S/c1-13(2,3)18-12(16)15-6-9-11-8(14)7-19-10(11)4-5-17-9/h7,9H,4-6H2,1-3H3,(H,15,16). The average Bonchev–Trinajstić information content (AvgIpc) is 2.67. The number of hydrogen-bond donors (Lipinski definition) is 1. The van der Waals surface area contributed by atoms with E-state index >= 15 is 0 Å². The van der Waals surface area contributed by atoms with Crippen molar-refractivity contribution in [2.45, 2.75) is 38.9 Å². The van der Waals surface area contributed by atoms with Gasteiger partial charge in [-0.25, -0.2) is 4.79 Å². The van der Waals surface area contributed by atoms with E-state index < -0.39 is 11.7 Å². The van der Waals surface area contributed by atoms with Crippen LogP contribution in [0.25, 0.3) is 0 Å². The van der Waals surface area contributed by atoms with Crippen LogP contribution in [0.2, 0.25) is 0 Å². The molecule has 0 bridgehead atoms. The highest BCUT2D eigenvalue weighted by atomic mass is 79.9. The van der Waals surface area contributed by atoms with E-state index in [9.17, 15) is 4.79 Å². The van der Waals surface area contributed by atoms with Gasteiger partial charge in [-0.05, 0) is 36.7 Å². The van der Waals surface area contributed by atoms with E-state index in [2.05, 4.69) is 26.6 Å². The molecule has 1 unspecified atom stereocenters. The topological polar surface area (TPSA) is 47.6 Å². The Bertz CT molecular complexity index is 467. The maximum absolute atomic E-state index is 11.6. The fraction of sp³-hybridized carbons (Fsp3) is 0.615. The molecule has 1 amide bonds. The Morgan fingerprint density at radius 2 is 2.37 bits per heavy atom. The van der Waals surface area contributed by atoms with Crippen LogP contribution in [-0.2, 0) is 15.9 Å². The van der Waals surface area contributed by atoms with Gasteiger partial charge < -0.3 is 14.8 Å². The molecule has 6 heteroatoms. The van der Waals surface area contributed by atoms with Gasteiger partial charge >= 0.3 is 6.09 Å². The number of alkyl carbamates (subject to hydrolysis) is 1. The molecule has 2 rings (SSSR count). The lowest BCUT2D eigenvalue weighted by Crippen LogP contribution is -2.36. The minimum Gasteiger partial charge on any atom is -0.444 e. The monoisotopic (exact) mass is 347 g/mol. The molecule has 0 saturated heterocycles. The van der Waals surface area contributed by atoms with Crippen molar-refractivity contribution >= 4 is 33.4 Å². The summed E-state index contributed by atoms with van der Waals surface area (Å²) in [5.74, 6) is 0. The lowest BCUT2D eigenvalue weighted by molar-refractivity contribution is 0.0293. The molecule has 0 radical (unpaired) electrons. The van der Waals surface area contributed by atoms with E-state index in [1.165, 1.54) is 4.88 Å². The molecule has 0 aromatic carbocycles. The van der Waals surface area contributed by atoms with E-state index in [1.807, 2.05) is 20.8 Å². The van der Waals surface area contributed by atoms with Crippen molar-refractivity contribution in [3.8, 4) is 0 Å². The third-order valence-electron chi connectivity index (χ3n) is 2.66. The molecule has 1 aliphatic heterocycles. The quantitative estimate of drug-likeness (QED) is 0.888. The number of hydrogen-bond acceptors (Lipinski definition) is 4. The van der Waals surface area contributed by atoms with Crippen molar-refractivity contribution in [1.82, 2.24) is 5.32 Å². The number of amides is 1. The van der Waals surface area contributed by atoms with Gasteiger partial charge in [-0.2, -0.15) is 0 Å². The normalized spacial score (nSPS) is 18.8. The number of ether oxygens (including phenoxy) is 2. The van der Waals surface area contributed by atoms with Gasteiger partial charge in [0.1, 0.15) is 11.7 Å². The van der Waals surface area contributed by atoms with Crippen LogP contribution in [0.15, 0.2) is 9.85 Å². The van der Waals surface area contributed by atoms with Crippen LogP contribution in [0.4, 0.5) is 4.79 Å². The molecule has 1 atom stereocenters. The highest BCUT2D eigenvalue weighted by molar-refractivity contribution is 9.10. The van der Waals surface area contributed by atoms with Crippen molar-refractivity contribution in [3.05, 3.63) is 20.3 Å². The van der Waals surface area contributed by atoms with E-state index in [0.29, 0.717) is 13.2 Å². The first-order valence-corrected chi connectivity index (χ1v) is 7.88. The van der Waals surface area contributed by atoms with Crippen LogP contribution >= 0.6 is 27.3 Å². The van der Waals surface area contributed by atoms with Crippen molar-refractivity contribution in [2.24, 2.45) is 0 Å². The Morgan fingerprint density at radius 1 is 1.63 bits per heavy atom. The van der Waals surface area contributed by atoms with Crippen LogP contribution in [0.3, 0.4) is 0 Å². The third kappa shape index (κ3) is 3.94. The first kappa shape index (κ1) is 14.8. The van der Waals surface area contributed by atoms with Crippen LogP contribution < -0.4 is 5.32 Å². The smallest absolute Gasteiger partial charge is 0.407 e. The minimum atomic E-state index is -0.481. The summed E-state index contributed by atoms with van der Waals surface area (Å²) in [6.07, 6.45) is 0.431. The highest BCUT2D eigenvalue weighted by Gasteiger charge is 2.26. The maximum Gasteiger partial charge on any atom is 0.407 e. The summed E-state index contributed by atoms with van der Waals surface area (Å²) in [5.41, 5.74) is 0.679.